The Balaban J connectivity index is 1.37. The van der Waals surface area contributed by atoms with Crippen LogP contribution in [-0.2, 0) is 0 Å². The van der Waals surface area contributed by atoms with E-state index in [9.17, 15) is 9.18 Å². The lowest BCUT2D eigenvalue weighted by molar-refractivity contribution is 0.0705. The Morgan fingerprint density at radius 3 is 2.71 bits per heavy atom. The number of para-hydroxylation sites is 1. The second-order valence-corrected chi connectivity index (χ2v) is 7.96. The molecule has 0 unspecified atom stereocenters. The van der Waals surface area contributed by atoms with Gasteiger partial charge >= 0.3 is 0 Å². The van der Waals surface area contributed by atoms with Crippen molar-refractivity contribution in [1.82, 2.24) is 14.9 Å². The van der Waals surface area contributed by atoms with Crippen LogP contribution in [0.25, 0.3) is 22.2 Å². The molecule has 31 heavy (non-hydrogen) atoms. The molecule has 0 bridgehead atoms. The van der Waals surface area contributed by atoms with Gasteiger partial charge in [-0.3, -0.25) is 14.8 Å². The Hall–Kier alpha value is -3.60. The number of rotatable bonds is 3. The third-order valence-corrected chi connectivity index (χ3v) is 5.87. The summed E-state index contributed by atoms with van der Waals surface area (Å²) in [5.74, 6) is -0.0753. The van der Waals surface area contributed by atoms with Crippen LogP contribution in [0.1, 0.15) is 34.8 Å². The Morgan fingerprint density at radius 1 is 1.00 bits per heavy atom. The third-order valence-electron chi connectivity index (χ3n) is 5.87. The number of hydrogen-bond donors (Lipinski definition) is 0. The highest BCUT2D eigenvalue weighted by Crippen LogP contribution is 2.29. The lowest BCUT2D eigenvalue weighted by Crippen LogP contribution is -2.39. The molecule has 5 heteroatoms. The first-order valence-electron chi connectivity index (χ1n) is 10.5. The number of pyridine rings is 2. The topological polar surface area (TPSA) is 46.1 Å². The van der Waals surface area contributed by atoms with Gasteiger partial charge in [0.2, 0.25) is 0 Å². The molecule has 4 aromatic rings. The maximum atomic E-state index is 13.3. The van der Waals surface area contributed by atoms with Gasteiger partial charge in [-0.05, 0) is 61.4 Å². The maximum Gasteiger partial charge on any atom is 0.255 e. The normalized spacial score (nSPS) is 16.4. The molecule has 2 aromatic heterocycles. The number of fused-ring (bicyclic) bond motifs is 1. The number of likely N-dealkylation sites (tertiary alicyclic amines) is 1. The molecule has 3 heterocycles. The zero-order valence-corrected chi connectivity index (χ0v) is 17.0. The van der Waals surface area contributed by atoms with Gasteiger partial charge in [-0.1, -0.05) is 24.3 Å². The van der Waals surface area contributed by atoms with Crippen molar-refractivity contribution in [3.05, 3.63) is 96.1 Å². The van der Waals surface area contributed by atoms with Gasteiger partial charge in [0.15, 0.2) is 0 Å². The fourth-order valence-corrected chi connectivity index (χ4v) is 4.23. The number of piperidine rings is 1. The number of benzene rings is 2. The molecular formula is C26H22FN3O. The van der Waals surface area contributed by atoms with E-state index in [1.54, 1.807) is 18.3 Å². The molecule has 2 aromatic carbocycles. The summed E-state index contributed by atoms with van der Waals surface area (Å²) in [5.41, 5.74) is 4.18. The predicted octanol–water partition coefficient (Wildman–Crippen LogP) is 5.46. The van der Waals surface area contributed by atoms with Crippen LogP contribution in [0.4, 0.5) is 4.39 Å². The first-order chi connectivity index (χ1) is 15.2. The highest BCUT2D eigenvalue weighted by Gasteiger charge is 2.26. The number of halogens is 1. The summed E-state index contributed by atoms with van der Waals surface area (Å²) >= 11 is 0. The molecule has 4 nitrogen and oxygen atoms in total. The molecule has 1 amide bonds. The second-order valence-electron chi connectivity index (χ2n) is 7.96. The Morgan fingerprint density at radius 2 is 1.84 bits per heavy atom. The van der Waals surface area contributed by atoms with E-state index in [2.05, 4.69) is 4.98 Å². The van der Waals surface area contributed by atoms with E-state index in [4.69, 9.17) is 4.98 Å². The zero-order valence-electron chi connectivity index (χ0n) is 17.0. The SMILES string of the molecule is O=C(c1cnc2ccccc2c1)N1CCC[C@H](c2cccc(-c3ccc(F)cc3)n2)C1. The van der Waals surface area contributed by atoms with Gasteiger partial charge in [0.05, 0.1) is 16.8 Å². The van der Waals surface area contributed by atoms with E-state index in [-0.39, 0.29) is 17.6 Å². The van der Waals surface area contributed by atoms with Gasteiger partial charge in [0.1, 0.15) is 5.82 Å². The van der Waals surface area contributed by atoms with Crippen LogP contribution in [0, 0.1) is 5.82 Å². The summed E-state index contributed by atoms with van der Waals surface area (Å²) in [6.07, 6.45) is 3.58. The fourth-order valence-electron chi connectivity index (χ4n) is 4.23. The number of carbonyl (C=O) groups excluding carboxylic acids is 1. The second kappa shape index (κ2) is 8.26. The lowest BCUT2D eigenvalue weighted by Gasteiger charge is -2.32. The molecule has 1 aliphatic heterocycles. The standard InChI is InChI=1S/C26H22FN3O/c27-22-12-10-18(11-13-22)24-8-3-9-25(29-24)20-6-4-14-30(17-20)26(31)21-15-19-5-1-2-7-23(19)28-16-21/h1-3,5,7-13,15-16,20H,4,6,14,17H2/t20-/m0/s1. The summed E-state index contributed by atoms with van der Waals surface area (Å²) in [6.45, 7) is 1.37. The summed E-state index contributed by atoms with van der Waals surface area (Å²) in [6, 6.07) is 22.0. The van der Waals surface area contributed by atoms with Gasteiger partial charge in [0, 0.05) is 41.8 Å². The molecule has 1 saturated heterocycles. The van der Waals surface area contributed by atoms with E-state index in [0.717, 1.165) is 47.2 Å². The van der Waals surface area contributed by atoms with Crippen molar-refractivity contribution in [1.29, 1.82) is 0 Å². The smallest absolute Gasteiger partial charge is 0.255 e. The van der Waals surface area contributed by atoms with Crippen molar-refractivity contribution in [3.63, 3.8) is 0 Å². The van der Waals surface area contributed by atoms with E-state index in [0.29, 0.717) is 12.1 Å². The van der Waals surface area contributed by atoms with E-state index < -0.39 is 0 Å². The maximum absolute atomic E-state index is 13.3. The van der Waals surface area contributed by atoms with Crippen molar-refractivity contribution in [2.45, 2.75) is 18.8 Å². The van der Waals surface area contributed by atoms with Gasteiger partial charge in [-0.25, -0.2) is 4.39 Å². The molecule has 1 fully saturated rings. The molecule has 0 spiro atoms. The average molecular weight is 411 g/mol. The number of amides is 1. The predicted molar refractivity (Wildman–Crippen MR) is 119 cm³/mol. The van der Waals surface area contributed by atoms with Crippen LogP contribution in [0.3, 0.4) is 0 Å². The van der Waals surface area contributed by atoms with Crippen molar-refractivity contribution < 1.29 is 9.18 Å². The van der Waals surface area contributed by atoms with Crippen LogP contribution in [0.15, 0.2) is 79.0 Å². The quantitative estimate of drug-likeness (QED) is 0.450. The van der Waals surface area contributed by atoms with Gasteiger partial charge in [-0.15, -0.1) is 0 Å². The van der Waals surface area contributed by atoms with Crippen LogP contribution in [0.2, 0.25) is 0 Å². The van der Waals surface area contributed by atoms with Crippen molar-refractivity contribution >= 4 is 16.8 Å². The summed E-state index contributed by atoms with van der Waals surface area (Å²) < 4.78 is 13.3. The molecule has 0 aliphatic carbocycles. The number of carbonyl (C=O) groups is 1. The molecule has 5 rings (SSSR count). The van der Waals surface area contributed by atoms with E-state index in [1.807, 2.05) is 53.4 Å². The minimum Gasteiger partial charge on any atom is -0.338 e. The minimum absolute atomic E-state index is 0.0117. The molecule has 0 radical (unpaired) electrons. The largest absolute Gasteiger partial charge is 0.338 e. The fraction of sp³-hybridized carbons (Fsp3) is 0.192. The highest BCUT2D eigenvalue weighted by atomic mass is 19.1. The number of hydrogen-bond acceptors (Lipinski definition) is 3. The summed E-state index contributed by atoms with van der Waals surface area (Å²) in [4.78, 5) is 24.3. The van der Waals surface area contributed by atoms with E-state index in [1.165, 1.54) is 12.1 Å². The van der Waals surface area contributed by atoms with Crippen molar-refractivity contribution in [2.75, 3.05) is 13.1 Å². The molecule has 0 N–H and O–H groups in total. The van der Waals surface area contributed by atoms with Crippen molar-refractivity contribution in [2.24, 2.45) is 0 Å². The van der Waals surface area contributed by atoms with Crippen LogP contribution in [0.5, 0.6) is 0 Å². The molecule has 1 aliphatic rings. The molecule has 0 saturated carbocycles. The molecular weight excluding hydrogens is 389 g/mol. The van der Waals surface area contributed by atoms with E-state index >= 15 is 0 Å². The first kappa shape index (κ1) is 19.4. The Bertz CT molecular complexity index is 1240. The average Bonchev–Trinajstić information content (AvgIpc) is 2.84. The minimum atomic E-state index is -0.260. The van der Waals surface area contributed by atoms with Crippen LogP contribution < -0.4 is 0 Å². The summed E-state index contributed by atoms with van der Waals surface area (Å²) in [7, 11) is 0. The third kappa shape index (κ3) is 4.04. The van der Waals surface area contributed by atoms with Crippen LogP contribution >= 0.6 is 0 Å². The van der Waals surface area contributed by atoms with Gasteiger partial charge in [-0.2, -0.15) is 0 Å². The molecule has 1 atom stereocenters. The molecule has 154 valence electrons. The Kier molecular flexibility index (Phi) is 5.16. The van der Waals surface area contributed by atoms with Crippen LogP contribution in [-0.4, -0.2) is 33.9 Å². The number of aromatic nitrogens is 2. The number of nitrogens with zero attached hydrogens (tertiary/aromatic N) is 3. The Labute approximate surface area is 180 Å². The van der Waals surface area contributed by atoms with Gasteiger partial charge < -0.3 is 4.90 Å². The highest BCUT2D eigenvalue weighted by molar-refractivity contribution is 5.97. The van der Waals surface area contributed by atoms with Crippen molar-refractivity contribution in [3.8, 4) is 11.3 Å². The monoisotopic (exact) mass is 411 g/mol. The summed E-state index contributed by atoms with van der Waals surface area (Å²) in [5, 5.41) is 0.968. The zero-order chi connectivity index (χ0) is 21.2. The first-order valence-corrected chi connectivity index (χ1v) is 10.5. The van der Waals surface area contributed by atoms with Gasteiger partial charge in [0.25, 0.3) is 5.91 Å². The lowest BCUT2D eigenvalue weighted by atomic mass is 9.93.